The minimum absolute atomic E-state index is 0.128. The molecule has 1 aliphatic rings. The highest BCUT2D eigenvalue weighted by molar-refractivity contribution is 5.79. The molecule has 136 valence electrons. The lowest BCUT2D eigenvalue weighted by molar-refractivity contribution is -0.123. The summed E-state index contributed by atoms with van der Waals surface area (Å²) < 4.78 is 10.7. The van der Waals surface area contributed by atoms with E-state index in [1.807, 2.05) is 31.0 Å². The second-order valence-electron chi connectivity index (χ2n) is 6.94. The van der Waals surface area contributed by atoms with Gasteiger partial charge in [0.2, 0.25) is 5.91 Å². The molecule has 6 nitrogen and oxygen atoms in total. The first-order valence-electron chi connectivity index (χ1n) is 8.45. The normalized spacial score (nSPS) is 16.0. The lowest BCUT2D eigenvalue weighted by Crippen LogP contribution is -2.49. The zero-order valence-electron chi connectivity index (χ0n) is 15.7. The van der Waals surface area contributed by atoms with Crippen LogP contribution in [0.25, 0.3) is 0 Å². The first-order valence-corrected chi connectivity index (χ1v) is 8.45. The Labute approximate surface area is 149 Å². The van der Waals surface area contributed by atoms with Crippen molar-refractivity contribution < 1.29 is 14.3 Å². The van der Waals surface area contributed by atoms with Gasteiger partial charge in [-0.15, -0.1) is 0 Å². The van der Waals surface area contributed by atoms with Crippen molar-refractivity contribution >= 4 is 5.91 Å². The van der Waals surface area contributed by atoms with Crippen molar-refractivity contribution in [2.45, 2.75) is 38.8 Å². The summed E-state index contributed by atoms with van der Waals surface area (Å²) in [6, 6.07) is 6.12. The van der Waals surface area contributed by atoms with Crippen LogP contribution in [0.5, 0.6) is 11.5 Å². The minimum atomic E-state index is -0.753. The van der Waals surface area contributed by atoms with E-state index in [0.717, 1.165) is 24.0 Å². The van der Waals surface area contributed by atoms with Crippen molar-refractivity contribution in [2.75, 3.05) is 27.8 Å². The molecule has 1 amide bonds. The van der Waals surface area contributed by atoms with Gasteiger partial charge < -0.3 is 14.8 Å². The van der Waals surface area contributed by atoms with Gasteiger partial charge in [0.05, 0.1) is 26.8 Å². The lowest BCUT2D eigenvalue weighted by atomic mass is 9.98. The number of carbonyl (C=O) groups excluding carboxylic acids is 1. The Hall–Kier alpha value is -2.26. The summed E-state index contributed by atoms with van der Waals surface area (Å²) in [5, 5.41) is 12.2. The largest absolute Gasteiger partial charge is 0.493 e. The molecule has 0 aliphatic heterocycles. The zero-order valence-corrected chi connectivity index (χ0v) is 15.7. The number of amides is 1. The molecule has 0 unspecified atom stereocenters. The molecule has 0 saturated heterocycles. The van der Waals surface area contributed by atoms with E-state index in [0.29, 0.717) is 18.0 Å². The number of nitrogens with zero attached hydrogens (tertiary/aromatic N) is 2. The maximum atomic E-state index is 12.3. The van der Waals surface area contributed by atoms with Crippen LogP contribution in [0.4, 0.5) is 0 Å². The van der Waals surface area contributed by atoms with E-state index in [9.17, 15) is 10.1 Å². The maximum absolute atomic E-state index is 12.3. The molecule has 0 aromatic heterocycles. The molecule has 1 aliphatic carbocycles. The number of nitrogens with one attached hydrogen (secondary N) is 1. The molecular weight excluding hydrogens is 318 g/mol. The topological polar surface area (TPSA) is 74.6 Å². The summed E-state index contributed by atoms with van der Waals surface area (Å²) in [6.07, 6.45) is 2.01. The van der Waals surface area contributed by atoms with E-state index in [4.69, 9.17) is 9.47 Å². The van der Waals surface area contributed by atoms with Crippen molar-refractivity contribution in [1.82, 2.24) is 10.2 Å². The van der Waals surface area contributed by atoms with E-state index in [-0.39, 0.29) is 18.4 Å². The number of methoxy groups -OCH3 is 2. The van der Waals surface area contributed by atoms with Gasteiger partial charge in [0.1, 0.15) is 5.54 Å². The fraction of sp³-hybridized carbons (Fsp3) is 0.579. The van der Waals surface area contributed by atoms with Crippen LogP contribution in [0.1, 0.15) is 30.9 Å². The van der Waals surface area contributed by atoms with Gasteiger partial charge in [0.15, 0.2) is 11.5 Å². The zero-order chi connectivity index (χ0) is 18.6. The highest BCUT2D eigenvalue weighted by Crippen LogP contribution is 2.39. The Morgan fingerprint density at radius 2 is 1.96 bits per heavy atom. The molecule has 0 spiro atoms. The van der Waals surface area contributed by atoms with Gasteiger partial charge in [-0.2, -0.15) is 5.26 Å². The highest BCUT2D eigenvalue weighted by atomic mass is 16.5. The molecule has 1 fully saturated rings. The maximum Gasteiger partial charge on any atom is 0.235 e. The second-order valence-corrected chi connectivity index (χ2v) is 6.94. The molecule has 1 atom stereocenters. The summed E-state index contributed by atoms with van der Waals surface area (Å²) in [4.78, 5) is 14.2. The summed E-state index contributed by atoms with van der Waals surface area (Å²) in [6.45, 7) is 4.65. The molecule has 0 radical (unpaired) electrons. The van der Waals surface area contributed by atoms with Crippen LogP contribution in [-0.4, -0.2) is 44.2 Å². The molecular formula is C19H27N3O3. The molecule has 1 N–H and O–H groups in total. The predicted molar refractivity (Wildman–Crippen MR) is 95.5 cm³/mol. The third-order valence-corrected chi connectivity index (χ3v) is 4.72. The van der Waals surface area contributed by atoms with Gasteiger partial charge in [-0.1, -0.05) is 0 Å². The van der Waals surface area contributed by atoms with Crippen LogP contribution >= 0.6 is 0 Å². The summed E-state index contributed by atoms with van der Waals surface area (Å²) in [7, 11) is 5.10. The van der Waals surface area contributed by atoms with E-state index < -0.39 is 5.54 Å². The molecule has 2 rings (SSSR count). The molecule has 25 heavy (non-hydrogen) atoms. The summed E-state index contributed by atoms with van der Waals surface area (Å²) in [5.41, 5.74) is 1.39. The Kier molecular flexibility index (Phi) is 5.91. The van der Waals surface area contributed by atoms with Gasteiger partial charge in [-0.3, -0.25) is 9.69 Å². The van der Waals surface area contributed by atoms with E-state index in [1.54, 1.807) is 21.1 Å². The number of likely N-dealkylation sites (N-methyl/N-ethyl adjacent to an activating group) is 1. The van der Waals surface area contributed by atoms with Crippen molar-refractivity contribution in [2.24, 2.45) is 5.92 Å². The van der Waals surface area contributed by atoms with Gasteiger partial charge in [0.25, 0.3) is 0 Å². The Morgan fingerprint density at radius 1 is 1.36 bits per heavy atom. The van der Waals surface area contributed by atoms with Crippen LogP contribution in [0, 0.1) is 24.2 Å². The SMILES string of the molecule is COc1cc(C)c(CN(C)CC(=O)N[C@](C)(C#N)C2CC2)cc1OC. The molecule has 6 heteroatoms. The highest BCUT2D eigenvalue weighted by Gasteiger charge is 2.43. The average Bonchev–Trinajstić information content (AvgIpc) is 3.41. The number of aryl methyl sites for hydroxylation is 1. The van der Waals surface area contributed by atoms with E-state index >= 15 is 0 Å². The van der Waals surface area contributed by atoms with Crippen molar-refractivity contribution in [1.29, 1.82) is 5.26 Å². The molecule has 1 aromatic rings. The second kappa shape index (κ2) is 7.75. The fourth-order valence-corrected chi connectivity index (χ4v) is 3.00. The first-order chi connectivity index (χ1) is 11.8. The number of carbonyl (C=O) groups is 1. The van der Waals surface area contributed by atoms with Crippen LogP contribution in [0.2, 0.25) is 0 Å². The quantitative estimate of drug-likeness (QED) is 0.782. The number of ether oxygens (including phenoxy) is 2. The number of hydrogen-bond acceptors (Lipinski definition) is 5. The van der Waals surface area contributed by atoms with Gasteiger partial charge in [-0.05, 0) is 62.9 Å². The standard InChI is InChI=1S/C19H27N3O3/c1-13-8-16(24-4)17(25-5)9-14(13)10-22(3)11-18(23)21-19(2,12-20)15-6-7-15/h8-9,15H,6-7,10-11H2,1-5H3,(H,21,23)/t19-/m1/s1. The van der Waals surface area contributed by atoms with Crippen LogP contribution in [0.15, 0.2) is 12.1 Å². The monoisotopic (exact) mass is 345 g/mol. The molecule has 0 heterocycles. The Bertz CT molecular complexity index is 679. The first kappa shape index (κ1) is 19.1. The van der Waals surface area contributed by atoms with Crippen LogP contribution < -0.4 is 14.8 Å². The van der Waals surface area contributed by atoms with Crippen molar-refractivity contribution in [3.8, 4) is 17.6 Å². The van der Waals surface area contributed by atoms with Gasteiger partial charge >= 0.3 is 0 Å². The van der Waals surface area contributed by atoms with Gasteiger partial charge in [0, 0.05) is 6.54 Å². The van der Waals surface area contributed by atoms with Crippen LogP contribution in [-0.2, 0) is 11.3 Å². The summed E-state index contributed by atoms with van der Waals surface area (Å²) in [5.74, 6) is 1.52. The third-order valence-electron chi connectivity index (χ3n) is 4.72. The molecule has 0 bridgehead atoms. The van der Waals surface area contributed by atoms with Crippen LogP contribution in [0.3, 0.4) is 0 Å². The molecule has 1 aromatic carbocycles. The van der Waals surface area contributed by atoms with Crippen molar-refractivity contribution in [3.63, 3.8) is 0 Å². The minimum Gasteiger partial charge on any atom is -0.493 e. The lowest BCUT2D eigenvalue weighted by Gasteiger charge is -2.25. The smallest absolute Gasteiger partial charge is 0.235 e. The third kappa shape index (κ3) is 4.64. The number of nitriles is 1. The van der Waals surface area contributed by atoms with E-state index in [1.165, 1.54) is 0 Å². The number of benzene rings is 1. The number of hydrogen-bond donors (Lipinski definition) is 1. The predicted octanol–water partition coefficient (Wildman–Crippen LogP) is 2.25. The molecule has 1 saturated carbocycles. The van der Waals surface area contributed by atoms with Gasteiger partial charge in [-0.25, -0.2) is 0 Å². The summed E-state index contributed by atoms with van der Waals surface area (Å²) >= 11 is 0. The number of rotatable bonds is 8. The average molecular weight is 345 g/mol. The van der Waals surface area contributed by atoms with Crippen molar-refractivity contribution in [3.05, 3.63) is 23.3 Å². The van der Waals surface area contributed by atoms with E-state index in [2.05, 4.69) is 11.4 Å². The Morgan fingerprint density at radius 3 is 2.48 bits per heavy atom. The fourth-order valence-electron chi connectivity index (χ4n) is 3.00. The Balaban J connectivity index is 1.99.